The summed E-state index contributed by atoms with van der Waals surface area (Å²) in [5, 5.41) is 16.2. The number of halogens is 2. The summed E-state index contributed by atoms with van der Waals surface area (Å²) >= 11 is 12.4. The highest BCUT2D eigenvalue weighted by molar-refractivity contribution is 6.36. The Labute approximate surface area is 176 Å². The van der Waals surface area contributed by atoms with E-state index in [4.69, 9.17) is 28.5 Å². The fraction of sp³-hybridized carbons (Fsp3) is 0.0952. The summed E-state index contributed by atoms with van der Waals surface area (Å²) in [5.74, 6) is 0. The Morgan fingerprint density at radius 2 is 1.93 bits per heavy atom. The Hall–Kier alpha value is -3.27. The molecule has 0 aliphatic rings. The molecule has 0 fully saturated rings. The molecule has 0 unspecified atom stereocenters. The molecule has 29 heavy (non-hydrogen) atoms. The van der Waals surface area contributed by atoms with Crippen LogP contribution >= 0.6 is 23.2 Å². The van der Waals surface area contributed by atoms with E-state index in [0.717, 1.165) is 22.5 Å². The largest absolute Gasteiger partial charge is 0.379 e. The van der Waals surface area contributed by atoms with Crippen LogP contribution in [-0.2, 0) is 6.54 Å². The minimum absolute atomic E-state index is 0.217. The summed E-state index contributed by atoms with van der Waals surface area (Å²) in [4.78, 5) is 17.3. The van der Waals surface area contributed by atoms with E-state index in [1.807, 2.05) is 25.1 Å². The van der Waals surface area contributed by atoms with Gasteiger partial charge in [-0.1, -0.05) is 29.3 Å². The second kappa shape index (κ2) is 7.63. The molecule has 0 radical (unpaired) electrons. The second-order valence-corrected chi connectivity index (χ2v) is 7.37. The van der Waals surface area contributed by atoms with Crippen LogP contribution in [0.5, 0.6) is 0 Å². The van der Waals surface area contributed by atoms with E-state index in [-0.39, 0.29) is 5.56 Å². The molecule has 0 atom stereocenters. The van der Waals surface area contributed by atoms with Crippen LogP contribution in [0.1, 0.15) is 17.0 Å². The molecule has 2 heterocycles. The molecule has 0 saturated carbocycles. The SMILES string of the molecule is Cc1[nH]n2c(=O)cc(CNc3ccc(C#N)cc3)nc2c1-c1ccc(Cl)cc1Cl. The minimum Gasteiger partial charge on any atom is -0.379 e. The highest BCUT2D eigenvalue weighted by atomic mass is 35.5. The molecule has 0 spiro atoms. The number of aryl methyl sites for hydroxylation is 1. The van der Waals surface area contributed by atoms with Crippen molar-refractivity contribution >= 4 is 34.5 Å². The first-order valence-corrected chi connectivity index (χ1v) is 9.52. The van der Waals surface area contributed by atoms with Crippen LogP contribution in [0.3, 0.4) is 0 Å². The molecule has 0 aliphatic heterocycles. The van der Waals surface area contributed by atoms with Gasteiger partial charge in [0, 0.05) is 33.6 Å². The molecule has 0 saturated heterocycles. The van der Waals surface area contributed by atoms with Crippen molar-refractivity contribution in [1.29, 1.82) is 5.26 Å². The smallest absolute Gasteiger partial charge is 0.272 e. The number of benzene rings is 2. The van der Waals surface area contributed by atoms with Crippen LogP contribution in [0.4, 0.5) is 5.69 Å². The number of hydrogen-bond acceptors (Lipinski definition) is 4. The molecular weight excluding hydrogens is 409 g/mol. The average Bonchev–Trinajstić information content (AvgIpc) is 3.03. The Kier molecular flexibility index (Phi) is 5.01. The van der Waals surface area contributed by atoms with E-state index >= 15 is 0 Å². The van der Waals surface area contributed by atoms with Gasteiger partial charge in [-0.2, -0.15) is 5.26 Å². The van der Waals surface area contributed by atoms with E-state index in [1.54, 1.807) is 24.3 Å². The number of nitriles is 1. The normalized spacial score (nSPS) is 10.8. The van der Waals surface area contributed by atoms with Gasteiger partial charge in [-0.3, -0.25) is 9.89 Å². The number of fused-ring (bicyclic) bond motifs is 1. The Bertz CT molecular complexity index is 1320. The molecule has 2 aromatic carbocycles. The molecule has 2 N–H and O–H groups in total. The molecule has 0 bridgehead atoms. The zero-order valence-electron chi connectivity index (χ0n) is 15.3. The number of aromatic nitrogens is 3. The molecule has 6 nitrogen and oxygen atoms in total. The van der Waals surface area contributed by atoms with Gasteiger partial charge >= 0.3 is 0 Å². The Morgan fingerprint density at radius 1 is 1.17 bits per heavy atom. The predicted octanol–water partition coefficient (Wildman–Crippen LogP) is 4.79. The van der Waals surface area contributed by atoms with Crippen LogP contribution < -0.4 is 10.9 Å². The summed E-state index contributed by atoms with van der Waals surface area (Å²) in [6.45, 7) is 2.22. The van der Waals surface area contributed by atoms with Gasteiger partial charge in [0.05, 0.1) is 28.9 Å². The van der Waals surface area contributed by atoms with Crippen LogP contribution in [0, 0.1) is 18.3 Å². The van der Waals surface area contributed by atoms with Gasteiger partial charge in [-0.05, 0) is 43.3 Å². The van der Waals surface area contributed by atoms with Crippen molar-refractivity contribution in [3.63, 3.8) is 0 Å². The summed E-state index contributed by atoms with van der Waals surface area (Å²) in [7, 11) is 0. The third-order valence-corrected chi connectivity index (χ3v) is 5.09. The first-order chi connectivity index (χ1) is 14.0. The highest BCUT2D eigenvalue weighted by Gasteiger charge is 2.17. The highest BCUT2D eigenvalue weighted by Crippen LogP contribution is 2.34. The van der Waals surface area contributed by atoms with Crippen molar-refractivity contribution in [1.82, 2.24) is 14.6 Å². The van der Waals surface area contributed by atoms with E-state index in [9.17, 15) is 4.79 Å². The zero-order valence-corrected chi connectivity index (χ0v) is 16.8. The molecule has 8 heteroatoms. The fourth-order valence-corrected chi connectivity index (χ4v) is 3.66. The first-order valence-electron chi connectivity index (χ1n) is 8.77. The predicted molar refractivity (Wildman–Crippen MR) is 114 cm³/mol. The van der Waals surface area contributed by atoms with Crippen LogP contribution in [-0.4, -0.2) is 14.6 Å². The van der Waals surface area contributed by atoms with Crippen molar-refractivity contribution in [2.75, 3.05) is 5.32 Å². The van der Waals surface area contributed by atoms with Gasteiger partial charge in [0.15, 0.2) is 5.65 Å². The topological polar surface area (TPSA) is 86.0 Å². The standard InChI is InChI=1S/C21H15Cl2N5O/c1-12-20(17-7-4-14(22)8-18(17)23)21-26-16(9-19(29)28(21)27-12)11-25-15-5-2-13(10-24)3-6-15/h2-9,25,27H,11H2,1H3. The summed E-state index contributed by atoms with van der Waals surface area (Å²) in [6, 6.07) is 15.9. The number of nitrogens with one attached hydrogen (secondary N) is 2. The van der Waals surface area contributed by atoms with Gasteiger partial charge < -0.3 is 5.32 Å². The Morgan fingerprint density at radius 3 is 2.62 bits per heavy atom. The van der Waals surface area contributed by atoms with Gasteiger partial charge in [0.1, 0.15) is 0 Å². The summed E-state index contributed by atoms with van der Waals surface area (Å²) in [6.07, 6.45) is 0. The fourth-order valence-electron chi connectivity index (χ4n) is 3.16. The van der Waals surface area contributed by atoms with E-state index < -0.39 is 0 Å². The maximum absolute atomic E-state index is 12.6. The van der Waals surface area contributed by atoms with Crippen molar-refractivity contribution in [2.45, 2.75) is 13.5 Å². The molecular formula is C21H15Cl2N5O. The third-order valence-electron chi connectivity index (χ3n) is 4.54. The maximum atomic E-state index is 12.6. The number of rotatable bonds is 4. The van der Waals surface area contributed by atoms with Crippen LogP contribution in [0.15, 0.2) is 53.3 Å². The summed E-state index contributed by atoms with van der Waals surface area (Å²) < 4.78 is 1.40. The van der Waals surface area contributed by atoms with E-state index in [0.29, 0.717) is 33.5 Å². The first kappa shape index (κ1) is 19.1. The van der Waals surface area contributed by atoms with Gasteiger partial charge in [0.2, 0.25) is 0 Å². The molecule has 0 amide bonds. The number of H-pyrrole nitrogens is 1. The van der Waals surface area contributed by atoms with Crippen LogP contribution in [0.25, 0.3) is 16.8 Å². The maximum Gasteiger partial charge on any atom is 0.272 e. The molecule has 0 aliphatic carbocycles. The molecule has 4 rings (SSSR count). The van der Waals surface area contributed by atoms with Crippen LogP contribution in [0.2, 0.25) is 10.0 Å². The molecule has 4 aromatic rings. The third kappa shape index (κ3) is 3.70. The second-order valence-electron chi connectivity index (χ2n) is 6.52. The lowest BCUT2D eigenvalue weighted by atomic mass is 10.1. The van der Waals surface area contributed by atoms with Crippen molar-refractivity contribution < 1.29 is 0 Å². The van der Waals surface area contributed by atoms with E-state index in [1.165, 1.54) is 10.6 Å². The average molecular weight is 424 g/mol. The number of hydrogen-bond donors (Lipinski definition) is 2. The lowest BCUT2D eigenvalue weighted by Gasteiger charge is -2.07. The summed E-state index contributed by atoms with van der Waals surface area (Å²) in [5.41, 5.74) is 4.56. The molecule has 2 aromatic heterocycles. The van der Waals surface area contributed by atoms with Crippen molar-refractivity contribution in [3.05, 3.63) is 85.9 Å². The van der Waals surface area contributed by atoms with Crippen molar-refractivity contribution in [2.24, 2.45) is 0 Å². The van der Waals surface area contributed by atoms with Gasteiger partial charge in [0.25, 0.3) is 5.56 Å². The van der Waals surface area contributed by atoms with E-state index in [2.05, 4.69) is 21.5 Å². The zero-order chi connectivity index (χ0) is 20.5. The van der Waals surface area contributed by atoms with Crippen molar-refractivity contribution in [3.8, 4) is 17.2 Å². The lowest BCUT2D eigenvalue weighted by Crippen LogP contribution is -2.17. The number of anilines is 1. The lowest BCUT2D eigenvalue weighted by molar-refractivity contribution is 0.863. The number of aromatic amines is 1. The number of nitrogens with zero attached hydrogens (tertiary/aromatic N) is 3. The Balaban J connectivity index is 1.73. The van der Waals surface area contributed by atoms with Gasteiger partial charge in [-0.15, -0.1) is 0 Å². The van der Waals surface area contributed by atoms with Gasteiger partial charge in [-0.25, -0.2) is 9.50 Å². The monoisotopic (exact) mass is 423 g/mol. The minimum atomic E-state index is -0.217. The molecule has 144 valence electrons. The quantitative estimate of drug-likeness (QED) is 0.493.